The van der Waals surface area contributed by atoms with E-state index in [2.05, 4.69) is 60.5 Å². The van der Waals surface area contributed by atoms with E-state index in [-0.39, 0.29) is 30.4 Å². The number of nitrogens with zero attached hydrogens (tertiary/aromatic N) is 1. The molecular formula is C24H28Cl2N2O. The van der Waals surface area contributed by atoms with E-state index in [4.69, 9.17) is 4.74 Å². The number of nitrogens with one attached hydrogen (secondary N) is 1. The van der Waals surface area contributed by atoms with Crippen LogP contribution in [0.2, 0.25) is 0 Å². The van der Waals surface area contributed by atoms with Crippen LogP contribution in [0.15, 0.2) is 42.6 Å². The van der Waals surface area contributed by atoms with Gasteiger partial charge in [-0.2, -0.15) is 0 Å². The Kier molecular flexibility index (Phi) is 6.42. The molecule has 3 nitrogen and oxygen atoms in total. The number of hydrogen-bond acceptors (Lipinski definition) is 3. The highest BCUT2D eigenvalue weighted by molar-refractivity contribution is 5.89. The molecule has 2 aliphatic heterocycles. The highest BCUT2D eigenvalue weighted by Gasteiger charge is 2.37. The summed E-state index contributed by atoms with van der Waals surface area (Å²) in [4.78, 5) is 4.41. The summed E-state index contributed by atoms with van der Waals surface area (Å²) in [6.45, 7) is 6.40. The Balaban J connectivity index is 0.00000120. The Morgan fingerprint density at radius 2 is 1.76 bits per heavy atom. The first kappa shape index (κ1) is 21.9. The van der Waals surface area contributed by atoms with E-state index >= 15 is 0 Å². The number of fused-ring (bicyclic) bond motifs is 2. The first-order valence-electron chi connectivity index (χ1n) is 10.0. The lowest BCUT2D eigenvalue weighted by molar-refractivity contribution is 0.0170. The van der Waals surface area contributed by atoms with E-state index in [1.165, 1.54) is 33.0 Å². The third-order valence-electron chi connectivity index (χ3n) is 6.37. The second-order valence-corrected chi connectivity index (χ2v) is 8.14. The van der Waals surface area contributed by atoms with Crippen molar-refractivity contribution in [2.24, 2.45) is 0 Å². The second-order valence-electron chi connectivity index (χ2n) is 8.14. The number of aryl methyl sites for hydroxylation is 3. The Hall–Kier alpha value is -1.81. The summed E-state index contributed by atoms with van der Waals surface area (Å²) < 4.78 is 6.57. The van der Waals surface area contributed by atoms with Gasteiger partial charge in [-0.3, -0.25) is 4.98 Å². The summed E-state index contributed by atoms with van der Waals surface area (Å²) in [5.74, 6) is 1.10. The maximum atomic E-state index is 6.57. The standard InChI is InChI=1S/C24H26N2O.2ClH/c1-16-13-23-20(5-7-24(27-23)8-11-25-12-9-24)15-22(16)18-3-4-21-17(2)26-10-6-19(21)14-18;;/h3-4,6,10,13-15,25H,5,7-9,11-12H2,1-2H3;2*1H. The molecule has 0 atom stereocenters. The Morgan fingerprint density at radius 3 is 2.55 bits per heavy atom. The largest absolute Gasteiger partial charge is 0.487 e. The third kappa shape index (κ3) is 3.96. The molecular weight excluding hydrogens is 403 g/mol. The molecule has 2 aromatic carbocycles. The van der Waals surface area contributed by atoms with Crippen molar-refractivity contribution in [3.05, 3.63) is 59.4 Å². The molecule has 1 spiro atoms. The lowest BCUT2D eigenvalue weighted by Crippen LogP contribution is -2.48. The Bertz CT molecular complexity index is 1030. The summed E-state index contributed by atoms with van der Waals surface area (Å²) in [6, 6.07) is 13.4. The van der Waals surface area contributed by atoms with Gasteiger partial charge in [-0.25, -0.2) is 0 Å². The number of halogens is 2. The van der Waals surface area contributed by atoms with E-state index < -0.39 is 0 Å². The lowest BCUT2D eigenvalue weighted by Gasteiger charge is -2.42. The fourth-order valence-corrected chi connectivity index (χ4v) is 4.71. The van der Waals surface area contributed by atoms with Gasteiger partial charge in [-0.1, -0.05) is 12.1 Å². The molecule has 1 aromatic heterocycles. The Labute approximate surface area is 185 Å². The van der Waals surface area contributed by atoms with Gasteiger partial charge in [0.1, 0.15) is 11.4 Å². The van der Waals surface area contributed by atoms with Crippen LogP contribution in [0.4, 0.5) is 0 Å². The molecule has 3 heterocycles. The van der Waals surface area contributed by atoms with Crippen LogP contribution in [0.25, 0.3) is 21.9 Å². The highest BCUT2D eigenvalue weighted by Crippen LogP contribution is 2.41. The first-order valence-corrected chi connectivity index (χ1v) is 10.0. The molecule has 0 bridgehead atoms. The minimum atomic E-state index is 0. The van der Waals surface area contributed by atoms with Crippen LogP contribution in [0.3, 0.4) is 0 Å². The number of rotatable bonds is 1. The first-order chi connectivity index (χ1) is 13.1. The van der Waals surface area contributed by atoms with Gasteiger partial charge >= 0.3 is 0 Å². The van der Waals surface area contributed by atoms with Gasteiger partial charge in [0.25, 0.3) is 0 Å². The number of pyridine rings is 1. The zero-order chi connectivity index (χ0) is 18.4. The van der Waals surface area contributed by atoms with E-state index in [0.717, 1.165) is 50.2 Å². The third-order valence-corrected chi connectivity index (χ3v) is 6.37. The molecule has 1 fully saturated rings. The van der Waals surface area contributed by atoms with Crippen molar-refractivity contribution >= 4 is 35.6 Å². The highest BCUT2D eigenvalue weighted by atomic mass is 35.5. The van der Waals surface area contributed by atoms with Gasteiger partial charge in [-0.15, -0.1) is 24.8 Å². The van der Waals surface area contributed by atoms with Gasteiger partial charge in [0.2, 0.25) is 0 Å². The predicted molar refractivity (Wildman–Crippen MR) is 125 cm³/mol. The van der Waals surface area contributed by atoms with Gasteiger partial charge in [0.05, 0.1) is 0 Å². The van der Waals surface area contributed by atoms with Crippen molar-refractivity contribution in [1.29, 1.82) is 0 Å². The van der Waals surface area contributed by atoms with Crippen molar-refractivity contribution in [2.75, 3.05) is 13.1 Å². The van der Waals surface area contributed by atoms with Crippen LogP contribution < -0.4 is 10.1 Å². The normalized spacial score (nSPS) is 17.0. The molecule has 0 aliphatic carbocycles. The van der Waals surface area contributed by atoms with Crippen molar-refractivity contribution in [3.8, 4) is 16.9 Å². The number of benzene rings is 2. The summed E-state index contributed by atoms with van der Waals surface area (Å²) >= 11 is 0. The summed E-state index contributed by atoms with van der Waals surface area (Å²) in [6.07, 6.45) is 6.37. The van der Waals surface area contributed by atoms with Crippen molar-refractivity contribution in [2.45, 2.75) is 45.1 Å². The fraction of sp³-hybridized carbons (Fsp3) is 0.375. The van der Waals surface area contributed by atoms with Crippen LogP contribution in [0.5, 0.6) is 5.75 Å². The van der Waals surface area contributed by atoms with E-state index in [9.17, 15) is 0 Å². The average molecular weight is 431 g/mol. The summed E-state index contributed by atoms with van der Waals surface area (Å²) in [5, 5.41) is 5.94. The minimum absolute atomic E-state index is 0. The monoisotopic (exact) mass is 430 g/mol. The van der Waals surface area contributed by atoms with Gasteiger partial charge in [0.15, 0.2) is 0 Å². The predicted octanol–water partition coefficient (Wildman–Crippen LogP) is 5.81. The van der Waals surface area contributed by atoms with Crippen LogP contribution in [0, 0.1) is 13.8 Å². The maximum absolute atomic E-state index is 6.57. The van der Waals surface area contributed by atoms with E-state index in [1.807, 2.05) is 6.20 Å². The SMILES string of the molecule is Cc1cc2c(cc1-c1ccc3c(C)nccc3c1)CCC1(CCNCC1)O2.Cl.Cl. The van der Waals surface area contributed by atoms with E-state index in [1.54, 1.807) is 0 Å². The topological polar surface area (TPSA) is 34.2 Å². The molecule has 0 saturated carbocycles. The lowest BCUT2D eigenvalue weighted by atomic mass is 9.82. The maximum Gasteiger partial charge on any atom is 0.123 e. The van der Waals surface area contributed by atoms with Crippen molar-refractivity contribution in [3.63, 3.8) is 0 Å². The molecule has 1 saturated heterocycles. The van der Waals surface area contributed by atoms with Crippen LogP contribution in [-0.4, -0.2) is 23.7 Å². The average Bonchev–Trinajstić information content (AvgIpc) is 2.68. The molecule has 5 heteroatoms. The van der Waals surface area contributed by atoms with E-state index in [0.29, 0.717) is 0 Å². The van der Waals surface area contributed by atoms with Crippen LogP contribution in [-0.2, 0) is 6.42 Å². The summed E-state index contributed by atoms with van der Waals surface area (Å²) in [5.41, 5.74) is 6.36. The molecule has 0 unspecified atom stereocenters. The van der Waals surface area contributed by atoms with Crippen LogP contribution in [0.1, 0.15) is 36.1 Å². The fourth-order valence-electron chi connectivity index (χ4n) is 4.71. The minimum Gasteiger partial charge on any atom is -0.487 e. The van der Waals surface area contributed by atoms with Gasteiger partial charge in [-0.05, 0) is 105 Å². The number of piperidine rings is 1. The molecule has 3 aromatic rings. The zero-order valence-electron chi connectivity index (χ0n) is 17.0. The molecule has 0 amide bonds. The smallest absolute Gasteiger partial charge is 0.123 e. The number of aromatic nitrogens is 1. The summed E-state index contributed by atoms with van der Waals surface area (Å²) in [7, 11) is 0. The van der Waals surface area contributed by atoms with Crippen molar-refractivity contribution < 1.29 is 4.74 Å². The molecule has 29 heavy (non-hydrogen) atoms. The van der Waals surface area contributed by atoms with Crippen molar-refractivity contribution in [1.82, 2.24) is 10.3 Å². The molecule has 5 rings (SSSR count). The molecule has 154 valence electrons. The van der Waals surface area contributed by atoms with Gasteiger partial charge < -0.3 is 10.1 Å². The van der Waals surface area contributed by atoms with Crippen LogP contribution >= 0.6 is 24.8 Å². The molecule has 0 radical (unpaired) electrons. The molecule has 2 aliphatic rings. The van der Waals surface area contributed by atoms with Gasteiger partial charge in [0, 0.05) is 17.3 Å². The second kappa shape index (κ2) is 8.51. The Morgan fingerprint density at radius 1 is 0.966 bits per heavy atom. The molecule has 1 N–H and O–H groups in total. The quantitative estimate of drug-likeness (QED) is 0.528. The number of hydrogen-bond donors (Lipinski definition) is 1. The zero-order valence-corrected chi connectivity index (χ0v) is 18.6. The number of ether oxygens (including phenoxy) is 1.